The Morgan fingerprint density at radius 2 is 1.91 bits per heavy atom. The summed E-state index contributed by atoms with van der Waals surface area (Å²) in [4.78, 5) is 16.3. The number of nitrogens with zero attached hydrogens (tertiary/aromatic N) is 2. The molecule has 1 aromatic heterocycles. The van der Waals surface area contributed by atoms with Crippen molar-refractivity contribution >= 4 is 33.0 Å². The number of sulfonamides is 1. The minimum absolute atomic E-state index is 0.119. The Kier molecular flexibility index (Phi) is 7.96. The maximum atomic E-state index is 12.8. The first kappa shape index (κ1) is 23.4. The highest BCUT2D eigenvalue weighted by Crippen LogP contribution is 2.22. The zero-order valence-corrected chi connectivity index (χ0v) is 19.9. The molecule has 2 aromatic rings. The van der Waals surface area contributed by atoms with E-state index in [2.05, 4.69) is 16.3 Å². The largest absolute Gasteiger partial charge is 0.377 e. The molecule has 2 aliphatic heterocycles. The van der Waals surface area contributed by atoms with Gasteiger partial charge in [0.25, 0.3) is 0 Å². The predicted octanol–water partition coefficient (Wildman–Crippen LogP) is 3.54. The van der Waals surface area contributed by atoms with Gasteiger partial charge in [-0.1, -0.05) is 12.5 Å². The molecule has 7 nitrogen and oxygen atoms in total. The van der Waals surface area contributed by atoms with E-state index >= 15 is 0 Å². The van der Waals surface area contributed by atoms with Crippen LogP contribution in [0, 0.1) is 0 Å². The number of hydrogen-bond donors (Lipinski definition) is 1. The number of ether oxygens (including phenoxy) is 1. The van der Waals surface area contributed by atoms with Crippen LogP contribution in [0.2, 0.25) is 0 Å². The molecule has 32 heavy (non-hydrogen) atoms. The molecular weight excluding hydrogens is 446 g/mol. The zero-order valence-electron chi connectivity index (χ0n) is 18.2. The average Bonchev–Trinajstić information content (AvgIpc) is 3.49. The topological polar surface area (TPSA) is 79.0 Å². The smallest absolute Gasteiger partial charge is 0.243 e. The molecule has 1 N–H and O–H groups in total. The molecule has 174 valence electrons. The molecule has 2 aliphatic rings. The van der Waals surface area contributed by atoms with Gasteiger partial charge in [0.05, 0.1) is 17.5 Å². The van der Waals surface area contributed by atoms with E-state index < -0.39 is 10.0 Å². The number of hydrogen-bond acceptors (Lipinski definition) is 6. The molecule has 0 aliphatic carbocycles. The van der Waals surface area contributed by atoms with Crippen molar-refractivity contribution in [3.63, 3.8) is 0 Å². The summed E-state index contributed by atoms with van der Waals surface area (Å²) in [5.74, 6) is -0.119. The van der Waals surface area contributed by atoms with Gasteiger partial charge in [0.1, 0.15) is 0 Å². The summed E-state index contributed by atoms with van der Waals surface area (Å²) in [6.45, 7) is 3.62. The Hall–Kier alpha value is -1.78. The first-order chi connectivity index (χ1) is 15.5. The highest BCUT2D eigenvalue weighted by Gasteiger charge is 2.26. The monoisotopic (exact) mass is 477 g/mol. The van der Waals surface area contributed by atoms with Gasteiger partial charge in [0.15, 0.2) is 0 Å². The Morgan fingerprint density at radius 1 is 1.12 bits per heavy atom. The fourth-order valence-electron chi connectivity index (χ4n) is 4.25. The molecule has 0 bridgehead atoms. The molecule has 1 atom stereocenters. The van der Waals surface area contributed by atoms with Crippen LogP contribution in [0.25, 0.3) is 0 Å². The van der Waals surface area contributed by atoms with Crippen LogP contribution < -0.4 is 5.32 Å². The van der Waals surface area contributed by atoms with Gasteiger partial charge in [-0.05, 0) is 61.4 Å². The van der Waals surface area contributed by atoms with Gasteiger partial charge in [-0.15, -0.1) is 11.3 Å². The van der Waals surface area contributed by atoms with Gasteiger partial charge < -0.3 is 10.1 Å². The summed E-state index contributed by atoms with van der Waals surface area (Å²) in [5, 5.41) is 4.95. The van der Waals surface area contributed by atoms with Crippen molar-refractivity contribution < 1.29 is 17.9 Å². The van der Waals surface area contributed by atoms with Crippen molar-refractivity contribution in [1.29, 1.82) is 0 Å². The first-order valence-corrected chi connectivity index (χ1v) is 13.6. The molecule has 0 spiro atoms. The Morgan fingerprint density at radius 3 is 2.56 bits per heavy atom. The van der Waals surface area contributed by atoms with Gasteiger partial charge in [-0.2, -0.15) is 4.31 Å². The van der Waals surface area contributed by atoms with E-state index in [1.54, 1.807) is 39.9 Å². The zero-order chi connectivity index (χ0) is 22.4. The van der Waals surface area contributed by atoms with Crippen molar-refractivity contribution in [1.82, 2.24) is 9.21 Å². The standard InChI is InChI=1S/C23H31N3O4S2/c27-23(18-25(16-20-6-4-14-30-20)17-21-7-5-15-31-21)24-19-8-10-22(11-9-19)32(28,29)26-12-2-1-3-13-26/h5,7-11,15,20H,1-4,6,12-14,16-18H2,(H,24,27). The second-order valence-corrected chi connectivity index (χ2v) is 11.4. The van der Waals surface area contributed by atoms with E-state index in [0.29, 0.717) is 25.3 Å². The Bertz CT molecular complexity index is 965. The lowest BCUT2D eigenvalue weighted by molar-refractivity contribution is -0.117. The van der Waals surface area contributed by atoms with Crippen LogP contribution in [0.5, 0.6) is 0 Å². The fraction of sp³-hybridized carbons (Fsp3) is 0.522. The van der Waals surface area contributed by atoms with Crippen molar-refractivity contribution in [3.8, 4) is 0 Å². The van der Waals surface area contributed by atoms with E-state index in [1.165, 1.54) is 4.88 Å². The summed E-state index contributed by atoms with van der Waals surface area (Å²) in [6, 6.07) is 10.6. The highest BCUT2D eigenvalue weighted by atomic mass is 32.2. The molecule has 0 saturated carbocycles. The van der Waals surface area contributed by atoms with Crippen LogP contribution in [0.3, 0.4) is 0 Å². The Balaban J connectivity index is 1.36. The lowest BCUT2D eigenvalue weighted by Gasteiger charge is -2.26. The van der Waals surface area contributed by atoms with E-state index in [0.717, 1.165) is 45.3 Å². The van der Waals surface area contributed by atoms with Crippen LogP contribution in [0.1, 0.15) is 37.0 Å². The molecule has 3 heterocycles. The van der Waals surface area contributed by atoms with Crippen LogP contribution >= 0.6 is 11.3 Å². The van der Waals surface area contributed by atoms with E-state index in [4.69, 9.17) is 4.74 Å². The molecular formula is C23H31N3O4S2. The summed E-state index contributed by atoms with van der Waals surface area (Å²) < 4.78 is 32.9. The fourth-order valence-corrected chi connectivity index (χ4v) is 6.52. The molecule has 4 rings (SSSR count). The predicted molar refractivity (Wildman–Crippen MR) is 126 cm³/mol. The number of thiophene rings is 1. The van der Waals surface area contributed by atoms with Crippen LogP contribution in [0.4, 0.5) is 5.69 Å². The molecule has 1 amide bonds. The van der Waals surface area contributed by atoms with Gasteiger partial charge >= 0.3 is 0 Å². The summed E-state index contributed by atoms with van der Waals surface area (Å²) in [5.41, 5.74) is 0.598. The minimum atomic E-state index is -3.47. The summed E-state index contributed by atoms with van der Waals surface area (Å²) in [7, 11) is -3.47. The number of carbonyl (C=O) groups is 1. The third kappa shape index (κ3) is 6.17. The van der Waals surface area contributed by atoms with Crippen molar-refractivity contribution in [2.75, 3.05) is 38.1 Å². The molecule has 2 saturated heterocycles. The molecule has 1 aromatic carbocycles. The van der Waals surface area contributed by atoms with Crippen molar-refractivity contribution in [3.05, 3.63) is 46.7 Å². The second-order valence-electron chi connectivity index (χ2n) is 8.42. The minimum Gasteiger partial charge on any atom is -0.377 e. The number of amides is 1. The molecule has 9 heteroatoms. The Labute approximate surface area is 194 Å². The van der Waals surface area contributed by atoms with Gasteiger partial charge in [-0.3, -0.25) is 9.69 Å². The number of piperidine rings is 1. The van der Waals surface area contributed by atoms with Crippen LogP contribution in [0.15, 0.2) is 46.7 Å². The summed E-state index contributed by atoms with van der Waals surface area (Å²) >= 11 is 1.68. The van der Waals surface area contributed by atoms with Crippen molar-refractivity contribution in [2.45, 2.75) is 49.6 Å². The first-order valence-electron chi connectivity index (χ1n) is 11.3. The molecule has 1 unspecified atom stereocenters. The quantitative estimate of drug-likeness (QED) is 0.598. The van der Waals surface area contributed by atoms with E-state index in [1.807, 2.05) is 11.4 Å². The SMILES string of the molecule is O=C(CN(Cc1cccs1)CC1CCCO1)Nc1ccc(S(=O)(=O)N2CCCCC2)cc1. The van der Waals surface area contributed by atoms with Crippen LogP contribution in [-0.4, -0.2) is 62.4 Å². The van der Waals surface area contributed by atoms with Crippen molar-refractivity contribution in [2.24, 2.45) is 0 Å². The number of benzene rings is 1. The third-order valence-corrected chi connectivity index (χ3v) is 8.68. The van der Waals surface area contributed by atoms with E-state index in [-0.39, 0.29) is 23.5 Å². The molecule has 0 radical (unpaired) electrons. The normalized spacial score (nSPS) is 20.0. The average molecular weight is 478 g/mol. The lowest BCUT2D eigenvalue weighted by atomic mass is 10.2. The lowest BCUT2D eigenvalue weighted by Crippen LogP contribution is -2.37. The second kappa shape index (κ2) is 10.9. The number of rotatable bonds is 9. The number of carbonyl (C=O) groups excluding carboxylic acids is 1. The molecule has 2 fully saturated rings. The number of anilines is 1. The maximum absolute atomic E-state index is 12.8. The van der Waals surface area contributed by atoms with Gasteiger partial charge in [-0.25, -0.2) is 8.42 Å². The summed E-state index contributed by atoms with van der Waals surface area (Å²) in [6.07, 6.45) is 5.14. The van der Waals surface area contributed by atoms with Gasteiger partial charge in [0, 0.05) is 43.4 Å². The highest BCUT2D eigenvalue weighted by molar-refractivity contribution is 7.89. The maximum Gasteiger partial charge on any atom is 0.243 e. The third-order valence-electron chi connectivity index (χ3n) is 5.90. The van der Waals surface area contributed by atoms with Crippen LogP contribution in [-0.2, 0) is 26.1 Å². The van der Waals surface area contributed by atoms with Gasteiger partial charge in [0.2, 0.25) is 15.9 Å². The van der Waals surface area contributed by atoms with E-state index in [9.17, 15) is 13.2 Å². The number of nitrogens with one attached hydrogen (secondary N) is 1.